The summed E-state index contributed by atoms with van der Waals surface area (Å²) in [4.78, 5) is 0. The number of benzene rings is 3. The van der Waals surface area contributed by atoms with Crippen LogP contribution in [-0.2, 0) is 0 Å². The molecule has 0 amide bonds. The largest absolute Gasteiger partial charge is 0.497 e. The molecule has 0 saturated carbocycles. The average molecular weight is 268 g/mol. The van der Waals surface area contributed by atoms with Crippen LogP contribution in [0.5, 0.6) is 17.2 Å². The fourth-order valence-electron chi connectivity index (χ4n) is 2.52. The molecule has 0 spiro atoms. The van der Waals surface area contributed by atoms with E-state index >= 15 is 0 Å². The first kappa shape index (κ1) is 12.6. The molecule has 0 saturated heterocycles. The van der Waals surface area contributed by atoms with Crippen molar-refractivity contribution < 1.29 is 14.2 Å². The molecule has 3 aromatic rings. The van der Waals surface area contributed by atoms with E-state index in [-0.39, 0.29) is 0 Å². The number of rotatable bonds is 3. The first-order chi connectivity index (χ1) is 9.76. The standard InChI is InChI=1S/C17H16O3/c1-18-13-6-7-15-11(8-13)4-5-12-9-14(19-2)10-16(20-3)17(12)15/h4-10H,1-3H3. The van der Waals surface area contributed by atoms with E-state index in [9.17, 15) is 0 Å². The molecule has 0 heterocycles. The fourth-order valence-corrected chi connectivity index (χ4v) is 2.52. The highest BCUT2D eigenvalue weighted by Crippen LogP contribution is 2.37. The lowest BCUT2D eigenvalue weighted by Gasteiger charge is -2.12. The number of fused-ring (bicyclic) bond motifs is 3. The summed E-state index contributed by atoms with van der Waals surface area (Å²) in [7, 11) is 5.01. The summed E-state index contributed by atoms with van der Waals surface area (Å²) in [5.41, 5.74) is 0. The highest BCUT2D eigenvalue weighted by Gasteiger charge is 2.09. The number of hydrogen-bond donors (Lipinski definition) is 0. The summed E-state index contributed by atoms with van der Waals surface area (Å²) in [5, 5.41) is 4.45. The monoisotopic (exact) mass is 268 g/mol. The van der Waals surface area contributed by atoms with Crippen LogP contribution < -0.4 is 14.2 Å². The van der Waals surface area contributed by atoms with E-state index in [1.807, 2.05) is 24.3 Å². The topological polar surface area (TPSA) is 27.7 Å². The average Bonchev–Trinajstić information content (AvgIpc) is 2.52. The zero-order valence-corrected chi connectivity index (χ0v) is 11.8. The van der Waals surface area contributed by atoms with Crippen molar-refractivity contribution in [1.82, 2.24) is 0 Å². The SMILES string of the molecule is COc1ccc2c(ccc3cc(OC)cc(OC)c32)c1. The van der Waals surface area contributed by atoms with Crippen LogP contribution in [0.1, 0.15) is 0 Å². The third kappa shape index (κ3) is 1.92. The van der Waals surface area contributed by atoms with Crippen molar-refractivity contribution in [2.75, 3.05) is 21.3 Å². The Morgan fingerprint density at radius 3 is 2.05 bits per heavy atom. The Labute approximate surface area is 117 Å². The van der Waals surface area contributed by atoms with E-state index in [1.54, 1.807) is 21.3 Å². The third-order valence-electron chi connectivity index (χ3n) is 3.53. The van der Waals surface area contributed by atoms with Crippen LogP contribution >= 0.6 is 0 Å². The van der Waals surface area contributed by atoms with Gasteiger partial charge in [-0.25, -0.2) is 0 Å². The van der Waals surface area contributed by atoms with Gasteiger partial charge in [0.25, 0.3) is 0 Å². The predicted molar refractivity (Wildman–Crippen MR) is 81.1 cm³/mol. The molecule has 0 aromatic heterocycles. The molecule has 102 valence electrons. The lowest BCUT2D eigenvalue weighted by molar-refractivity contribution is 0.398. The number of ether oxygens (including phenoxy) is 3. The molecule has 0 fully saturated rings. The molecule has 3 aromatic carbocycles. The van der Waals surface area contributed by atoms with Crippen molar-refractivity contribution in [2.45, 2.75) is 0 Å². The van der Waals surface area contributed by atoms with Gasteiger partial charge >= 0.3 is 0 Å². The van der Waals surface area contributed by atoms with Crippen molar-refractivity contribution in [1.29, 1.82) is 0 Å². The van der Waals surface area contributed by atoms with Gasteiger partial charge in [0.1, 0.15) is 17.2 Å². The highest BCUT2D eigenvalue weighted by atomic mass is 16.5. The maximum atomic E-state index is 5.52. The van der Waals surface area contributed by atoms with Gasteiger partial charge in [0, 0.05) is 11.5 Å². The van der Waals surface area contributed by atoms with Crippen molar-refractivity contribution in [3.8, 4) is 17.2 Å². The predicted octanol–water partition coefficient (Wildman–Crippen LogP) is 4.02. The van der Waals surface area contributed by atoms with Gasteiger partial charge in [-0.1, -0.05) is 12.1 Å². The Bertz CT molecular complexity index is 778. The van der Waals surface area contributed by atoms with E-state index in [4.69, 9.17) is 14.2 Å². The van der Waals surface area contributed by atoms with Crippen molar-refractivity contribution in [2.24, 2.45) is 0 Å². The molecule has 0 unspecified atom stereocenters. The van der Waals surface area contributed by atoms with Gasteiger partial charge in [0.05, 0.1) is 21.3 Å². The summed E-state index contributed by atoms with van der Waals surface area (Å²) in [6.45, 7) is 0. The minimum absolute atomic E-state index is 0.794. The Kier molecular flexibility index (Phi) is 3.11. The summed E-state index contributed by atoms with van der Waals surface area (Å²) < 4.78 is 16.1. The van der Waals surface area contributed by atoms with Crippen molar-refractivity contribution >= 4 is 21.5 Å². The molecule has 0 bridgehead atoms. The highest BCUT2D eigenvalue weighted by molar-refractivity contribution is 6.11. The summed E-state index contributed by atoms with van der Waals surface area (Å²) in [6.07, 6.45) is 0. The molecular formula is C17H16O3. The summed E-state index contributed by atoms with van der Waals surface area (Å²) >= 11 is 0. The van der Waals surface area contributed by atoms with Gasteiger partial charge < -0.3 is 14.2 Å². The second-order valence-corrected chi connectivity index (χ2v) is 4.58. The molecular weight excluding hydrogens is 252 g/mol. The maximum Gasteiger partial charge on any atom is 0.131 e. The molecule has 0 aliphatic carbocycles. The first-order valence-corrected chi connectivity index (χ1v) is 6.39. The second-order valence-electron chi connectivity index (χ2n) is 4.58. The smallest absolute Gasteiger partial charge is 0.131 e. The van der Waals surface area contributed by atoms with E-state index in [1.165, 1.54) is 0 Å². The number of hydrogen-bond acceptors (Lipinski definition) is 3. The van der Waals surface area contributed by atoms with E-state index in [0.29, 0.717) is 0 Å². The first-order valence-electron chi connectivity index (χ1n) is 6.39. The van der Waals surface area contributed by atoms with Crippen LogP contribution in [0.2, 0.25) is 0 Å². The molecule has 3 nitrogen and oxygen atoms in total. The quantitative estimate of drug-likeness (QED) is 0.671. The Balaban J connectivity index is 2.40. The van der Waals surface area contributed by atoms with Gasteiger partial charge in [-0.2, -0.15) is 0 Å². The lowest BCUT2D eigenvalue weighted by atomic mass is 10.0. The lowest BCUT2D eigenvalue weighted by Crippen LogP contribution is -1.90. The van der Waals surface area contributed by atoms with E-state index in [2.05, 4.69) is 18.2 Å². The maximum absolute atomic E-state index is 5.52. The Morgan fingerprint density at radius 2 is 1.35 bits per heavy atom. The van der Waals surface area contributed by atoms with Crippen LogP contribution in [0, 0.1) is 0 Å². The van der Waals surface area contributed by atoms with Gasteiger partial charge in [0.15, 0.2) is 0 Å². The molecule has 0 aliphatic rings. The zero-order valence-electron chi connectivity index (χ0n) is 11.8. The molecule has 0 radical (unpaired) electrons. The van der Waals surface area contributed by atoms with Gasteiger partial charge in [-0.3, -0.25) is 0 Å². The van der Waals surface area contributed by atoms with Crippen LogP contribution in [0.4, 0.5) is 0 Å². The third-order valence-corrected chi connectivity index (χ3v) is 3.53. The molecule has 0 atom stereocenters. The molecule has 3 rings (SSSR count). The van der Waals surface area contributed by atoms with Crippen molar-refractivity contribution in [3.63, 3.8) is 0 Å². The normalized spacial score (nSPS) is 10.8. The van der Waals surface area contributed by atoms with Gasteiger partial charge in [-0.15, -0.1) is 0 Å². The van der Waals surface area contributed by atoms with Crippen LogP contribution in [0.3, 0.4) is 0 Å². The molecule has 0 N–H and O–H groups in total. The Hall–Kier alpha value is -2.42. The van der Waals surface area contributed by atoms with Crippen molar-refractivity contribution in [3.05, 3.63) is 42.5 Å². The van der Waals surface area contributed by atoms with Gasteiger partial charge in [0.2, 0.25) is 0 Å². The van der Waals surface area contributed by atoms with Crippen LogP contribution in [0.25, 0.3) is 21.5 Å². The molecule has 0 aliphatic heterocycles. The van der Waals surface area contributed by atoms with Crippen LogP contribution in [-0.4, -0.2) is 21.3 Å². The minimum Gasteiger partial charge on any atom is -0.497 e. The fraction of sp³-hybridized carbons (Fsp3) is 0.176. The molecule has 3 heteroatoms. The summed E-state index contributed by atoms with van der Waals surface area (Å²) in [5.74, 6) is 2.46. The zero-order chi connectivity index (χ0) is 14.1. The number of methoxy groups -OCH3 is 3. The Morgan fingerprint density at radius 1 is 0.650 bits per heavy atom. The molecule has 20 heavy (non-hydrogen) atoms. The van der Waals surface area contributed by atoms with E-state index in [0.717, 1.165) is 38.8 Å². The van der Waals surface area contributed by atoms with E-state index < -0.39 is 0 Å². The second kappa shape index (κ2) is 4.93. The van der Waals surface area contributed by atoms with Crippen LogP contribution in [0.15, 0.2) is 42.5 Å². The minimum atomic E-state index is 0.794. The van der Waals surface area contributed by atoms with Gasteiger partial charge in [-0.05, 0) is 40.4 Å². The summed E-state index contributed by atoms with van der Waals surface area (Å²) in [6, 6.07) is 14.1.